The molecule has 1 aliphatic rings. The SMILES string of the molecule is COC(=O)C[C@H](NC(=O)OCC1c2ccccc2-c2ccccc21)C(N)=O. The van der Waals surface area contributed by atoms with Crippen molar-refractivity contribution in [1.29, 1.82) is 0 Å². The summed E-state index contributed by atoms with van der Waals surface area (Å²) in [6.45, 7) is 0.101. The Morgan fingerprint density at radius 2 is 1.59 bits per heavy atom. The smallest absolute Gasteiger partial charge is 0.407 e. The fourth-order valence-electron chi connectivity index (χ4n) is 3.26. The van der Waals surface area contributed by atoms with Crippen LogP contribution in [0.5, 0.6) is 0 Å². The molecule has 0 radical (unpaired) electrons. The summed E-state index contributed by atoms with van der Waals surface area (Å²) in [6, 6.07) is 14.7. The zero-order valence-corrected chi connectivity index (χ0v) is 14.8. The zero-order chi connectivity index (χ0) is 19.4. The highest BCUT2D eigenvalue weighted by molar-refractivity contribution is 5.88. The van der Waals surface area contributed by atoms with Gasteiger partial charge in [-0.05, 0) is 22.3 Å². The van der Waals surface area contributed by atoms with Gasteiger partial charge in [0.25, 0.3) is 0 Å². The maximum atomic E-state index is 12.1. The number of esters is 1. The van der Waals surface area contributed by atoms with Crippen LogP contribution in [0.4, 0.5) is 4.79 Å². The highest BCUT2D eigenvalue weighted by Gasteiger charge is 2.29. The lowest BCUT2D eigenvalue weighted by atomic mass is 9.98. The lowest BCUT2D eigenvalue weighted by Gasteiger charge is -2.17. The van der Waals surface area contributed by atoms with Gasteiger partial charge in [-0.3, -0.25) is 9.59 Å². The Morgan fingerprint density at radius 1 is 1.04 bits per heavy atom. The van der Waals surface area contributed by atoms with E-state index in [2.05, 4.69) is 10.1 Å². The Labute approximate surface area is 156 Å². The third-order valence-electron chi connectivity index (χ3n) is 4.58. The minimum absolute atomic E-state index is 0.101. The molecule has 0 fully saturated rings. The standard InChI is InChI=1S/C20H20N2O5/c1-26-18(23)10-17(19(21)24)22-20(25)27-11-16-14-8-4-2-6-12(14)13-7-3-5-9-15(13)16/h2-9,16-17H,10-11H2,1H3,(H2,21,24)(H,22,25)/t17-/m0/s1. The Kier molecular flexibility index (Phi) is 5.40. The fraction of sp³-hybridized carbons (Fsp3) is 0.250. The molecule has 2 amide bonds. The van der Waals surface area contributed by atoms with Crippen LogP contribution in [0.3, 0.4) is 0 Å². The first kappa shape index (κ1) is 18.4. The van der Waals surface area contributed by atoms with E-state index in [1.807, 2.05) is 48.5 Å². The predicted molar refractivity (Wildman–Crippen MR) is 97.8 cm³/mol. The van der Waals surface area contributed by atoms with Gasteiger partial charge < -0.3 is 20.5 Å². The number of rotatable bonds is 6. The molecule has 0 spiro atoms. The highest BCUT2D eigenvalue weighted by atomic mass is 16.5. The second kappa shape index (κ2) is 7.90. The highest BCUT2D eigenvalue weighted by Crippen LogP contribution is 2.44. The molecule has 0 aromatic heterocycles. The average Bonchev–Trinajstić information content (AvgIpc) is 2.99. The minimum Gasteiger partial charge on any atom is -0.469 e. The third-order valence-corrected chi connectivity index (χ3v) is 4.58. The molecule has 3 rings (SSSR count). The number of nitrogens with one attached hydrogen (secondary N) is 1. The first-order valence-electron chi connectivity index (χ1n) is 8.49. The van der Waals surface area contributed by atoms with Crippen LogP contribution in [-0.2, 0) is 19.1 Å². The van der Waals surface area contributed by atoms with Crippen molar-refractivity contribution in [3.8, 4) is 11.1 Å². The largest absolute Gasteiger partial charge is 0.469 e. The average molecular weight is 368 g/mol. The van der Waals surface area contributed by atoms with Crippen molar-refractivity contribution >= 4 is 18.0 Å². The van der Waals surface area contributed by atoms with Crippen LogP contribution in [0, 0.1) is 0 Å². The van der Waals surface area contributed by atoms with Gasteiger partial charge in [-0.15, -0.1) is 0 Å². The maximum absolute atomic E-state index is 12.1. The molecule has 7 heteroatoms. The zero-order valence-electron chi connectivity index (χ0n) is 14.8. The molecule has 0 heterocycles. The molecule has 7 nitrogen and oxygen atoms in total. The lowest BCUT2D eigenvalue weighted by molar-refractivity contribution is -0.142. The quantitative estimate of drug-likeness (QED) is 0.758. The molecular formula is C20H20N2O5. The molecule has 0 aliphatic heterocycles. The van der Waals surface area contributed by atoms with Gasteiger partial charge in [0, 0.05) is 5.92 Å². The summed E-state index contributed by atoms with van der Waals surface area (Å²) in [5, 5.41) is 2.32. The summed E-state index contributed by atoms with van der Waals surface area (Å²) < 4.78 is 9.82. The van der Waals surface area contributed by atoms with Crippen LogP contribution in [0.15, 0.2) is 48.5 Å². The van der Waals surface area contributed by atoms with Crippen molar-refractivity contribution in [1.82, 2.24) is 5.32 Å². The Morgan fingerprint density at radius 3 is 2.11 bits per heavy atom. The van der Waals surface area contributed by atoms with E-state index in [-0.39, 0.29) is 18.9 Å². The fourth-order valence-corrected chi connectivity index (χ4v) is 3.26. The van der Waals surface area contributed by atoms with Gasteiger partial charge in [-0.1, -0.05) is 48.5 Å². The van der Waals surface area contributed by atoms with Gasteiger partial charge in [0.2, 0.25) is 5.91 Å². The second-order valence-electron chi connectivity index (χ2n) is 6.21. The van der Waals surface area contributed by atoms with Crippen LogP contribution in [0.25, 0.3) is 11.1 Å². The maximum Gasteiger partial charge on any atom is 0.407 e. The topological polar surface area (TPSA) is 108 Å². The first-order valence-corrected chi connectivity index (χ1v) is 8.49. The van der Waals surface area contributed by atoms with E-state index in [9.17, 15) is 14.4 Å². The van der Waals surface area contributed by atoms with E-state index in [1.165, 1.54) is 7.11 Å². The Balaban J connectivity index is 1.68. The lowest BCUT2D eigenvalue weighted by Crippen LogP contribution is -2.46. The molecule has 0 unspecified atom stereocenters. The van der Waals surface area contributed by atoms with Crippen molar-refractivity contribution in [3.63, 3.8) is 0 Å². The first-order chi connectivity index (χ1) is 13.0. The number of hydrogen-bond donors (Lipinski definition) is 2. The minimum atomic E-state index is -1.19. The second-order valence-corrected chi connectivity index (χ2v) is 6.21. The molecular weight excluding hydrogens is 348 g/mol. The molecule has 27 heavy (non-hydrogen) atoms. The summed E-state index contributed by atoms with van der Waals surface area (Å²) in [7, 11) is 1.19. The number of ether oxygens (including phenoxy) is 2. The molecule has 140 valence electrons. The summed E-state index contributed by atoms with van der Waals surface area (Å²) in [4.78, 5) is 34.9. The van der Waals surface area contributed by atoms with Gasteiger partial charge in [-0.2, -0.15) is 0 Å². The van der Waals surface area contributed by atoms with Crippen LogP contribution < -0.4 is 11.1 Å². The molecule has 1 atom stereocenters. The number of primary amides is 1. The number of hydrogen-bond acceptors (Lipinski definition) is 5. The number of methoxy groups -OCH3 is 1. The monoisotopic (exact) mass is 368 g/mol. The van der Waals surface area contributed by atoms with Crippen LogP contribution in [0.2, 0.25) is 0 Å². The van der Waals surface area contributed by atoms with Crippen molar-refractivity contribution in [2.45, 2.75) is 18.4 Å². The van der Waals surface area contributed by atoms with Crippen molar-refractivity contribution in [2.75, 3.05) is 13.7 Å². The van der Waals surface area contributed by atoms with Crippen LogP contribution >= 0.6 is 0 Å². The molecule has 0 saturated carbocycles. The summed E-state index contributed by atoms with van der Waals surface area (Å²) in [5.41, 5.74) is 9.60. The molecule has 3 N–H and O–H groups in total. The summed E-state index contributed by atoms with van der Waals surface area (Å²) >= 11 is 0. The van der Waals surface area contributed by atoms with Gasteiger partial charge in [0.15, 0.2) is 0 Å². The van der Waals surface area contributed by atoms with Crippen LogP contribution in [0.1, 0.15) is 23.5 Å². The predicted octanol–water partition coefficient (Wildman–Crippen LogP) is 1.94. The number of fused-ring (bicyclic) bond motifs is 3. The van der Waals surface area contributed by atoms with Gasteiger partial charge >= 0.3 is 12.1 Å². The molecule has 0 bridgehead atoms. The van der Waals surface area contributed by atoms with Crippen molar-refractivity contribution in [2.24, 2.45) is 5.73 Å². The Hall–Kier alpha value is -3.35. The van der Waals surface area contributed by atoms with E-state index in [0.29, 0.717) is 0 Å². The number of nitrogens with two attached hydrogens (primary N) is 1. The van der Waals surface area contributed by atoms with Gasteiger partial charge in [0.1, 0.15) is 12.6 Å². The number of alkyl carbamates (subject to hydrolysis) is 1. The number of amides is 2. The molecule has 1 aliphatic carbocycles. The summed E-state index contributed by atoms with van der Waals surface area (Å²) in [5.74, 6) is -1.59. The number of carbonyl (C=O) groups excluding carboxylic acids is 3. The van der Waals surface area contributed by atoms with Crippen LogP contribution in [-0.4, -0.2) is 37.7 Å². The van der Waals surface area contributed by atoms with Gasteiger partial charge in [0.05, 0.1) is 13.5 Å². The number of carbonyl (C=O) groups is 3. The third kappa shape index (κ3) is 3.92. The van der Waals surface area contributed by atoms with E-state index < -0.39 is 24.0 Å². The van der Waals surface area contributed by atoms with Crippen molar-refractivity contribution < 1.29 is 23.9 Å². The molecule has 2 aromatic carbocycles. The van der Waals surface area contributed by atoms with E-state index in [0.717, 1.165) is 22.3 Å². The molecule has 2 aromatic rings. The van der Waals surface area contributed by atoms with Crippen molar-refractivity contribution in [3.05, 3.63) is 59.7 Å². The van der Waals surface area contributed by atoms with E-state index in [1.54, 1.807) is 0 Å². The number of benzene rings is 2. The van der Waals surface area contributed by atoms with E-state index >= 15 is 0 Å². The Bertz CT molecular complexity index is 835. The van der Waals surface area contributed by atoms with E-state index in [4.69, 9.17) is 10.5 Å². The van der Waals surface area contributed by atoms with Gasteiger partial charge in [-0.25, -0.2) is 4.79 Å². The summed E-state index contributed by atoms with van der Waals surface area (Å²) in [6.07, 6.45) is -1.17. The normalized spacial score (nSPS) is 13.2. The molecule has 0 saturated heterocycles.